The van der Waals surface area contributed by atoms with Gasteiger partial charge in [-0.1, -0.05) is 0 Å². The number of hydrogen-bond donors (Lipinski definition) is 2. The third-order valence-electron chi connectivity index (χ3n) is 0.830. The fourth-order valence-corrected chi connectivity index (χ4v) is 0.432. The van der Waals surface area contributed by atoms with Crippen LogP contribution in [0.25, 0.3) is 0 Å². The number of hydroxylamine groups is 1. The molecule has 0 bridgehead atoms. The summed E-state index contributed by atoms with van der Waals surface area (Å²) in [6.07, 6.45) is 0.602. The molecule has 0 spiro atoms. The average molecular weight is 148 g/mol. The Bertz CT molecular complexity index is 105. The van der Waals surface area contributed by atoms with Crippen LogP contribution in [0.3, 0.4) is 0 Å². The van der Waals surface area contributed by atoms with Crippen LogP contribution in [0.15, 0.2) is 0 Å². The van der Waals surface area contributed by atoms with Gasteiger partial charge in [-0.25, -0.2) is 5.84 Å². The number of nitrogens with two attached hydrogens (primary N) is 1. The molecule has 0 rings (SSSR count). The Morgan fingerprint density at radius 3 is 2.80 bits per heavy atom. The van der Waals surface area contributed by atoms with Crippen molar-refractivity contribution in [2.75, 3.05) is 13.7 Å². The lowest BCUT2D eigenvalue weighted by Gasteiger charge is -2.07. The summed E-state index contributed by atoms with van der Waals surface area (Å²) in [6, 6.07) is 0. The molecule has 0 unspecified atom stereocenters. The largest absolute Gasteiger partial charge is 0.481 e. The van der Waals surface area contributed by atoms with E-state index in [2.05, 4.69) is 0 Å². The molecule has 0 radical (unpaired) electrons. The Hall–Kier alpha value is -0.650. The molecule has 0 saturated heterocycles. The first kappa shape index (κ1) is 9.35. The van der Waals surface area contributed by atoms with E-state index in [1.165, 1.54) is 0 Å². The molecule has 0 atom stereocenters. The Kier molecular flexibility index (Phi) is 4.82. The SMILES string of the molecule is CN(N)OCCCC(=O)O. The van der Waals surface area contributed by atoms with E-state index in [0.29, 0.717) is 13.0 Å². The standard InChI is InChI=1S/C5H12N2O3/c1-7(6)10-4-2-3-5(8)9/h2-4,6H2,1H3,(H,8,9). The molecule has 5 heteroatoms. The molecule has 3 N–H and O–H groups in total. The summed E-state index contributed by atoms with van der Waals surface area (Å²) in [5, 5.41) is 9.24. The zero-order chi connectivity index (χ0) is 7.98. The van der Waals surface area contributed by atoms with Crippen molar-refractivity contribution >= 4 is 5.97 Å². The third-order valence-corrected chi connectivity index (χ3v) is 0.830. The predicted octanol–water partition coefficient (Wildman–Crippen LogP) is -0.412. The molecular weight excluding hydrogens is 136 g/mol. The number of hydrazine groups is 1. The molecule has 0 aromatic carbocycles. The van der Waals surface area contributed by atoms with Crippen LogP contribution in [-0.4, -0.2) is 29.9 Å². The minimum absolute atomic E-state index is 0.119. The van der Waals surface area contributed by atoms with Gasteiger partial charge in [-0.15, -0.1) is 5.17 Å². The van der Waals surface area contributed by atoms with Gasteiger partial charge in [0, 0.05) is 13.5 Å². The summed E-state index contributed by atoms with van der Waals surface area (Å²) in [4.78, 5) is 14.7. The molecule has 0 amide bonds. The smallest absolute Gasteiger partial charge is 0.303 e. The highest BCUT2D eigenvalue weighted by atomic mass is 16.7. The monoisotopic (exact) mass is 148 g/mol. The van der Waals surface area contributed by atoms with Crippen LogP contribution < -0.4 is 5.84 Å². The lowest BCUT2D eigenvalue weighted by Crippen LogP contribution is -2.26. The molecule has 5 nitrogen and oxygen atoms in total. The number of carbonyl (C=O) groups is 1. The van der Waals surface area contributed by atoms with Gasteiger partial charge >= 0.3 is 5.97 Å². The van der Waals surface area contributed by atoms with Gasteiger partial charge in [0.05, 0.1) is 6.61 Å². The second-order valence-electron chi connectivity index (χ2n) is 1.88. The van der Waals surface area contributed by atoms with Crippen molar-refractivity contribution in [1.29, 1.82) is 0 Å². The van der Waals surface area contributed by atoms with Gasteiger partial charge in [0.1, 0.15) is 0 Å². The van der Waals surface area contributed by atoms with Crippen LogP contribution in [0.2, 0.25) is 0 Å². The van der Waals surface area contributed by atoms with Gasteiger partial charge in [-0.2, -0.15) is 0 Å². The van der Waals surface area contributed by atoms with Gasteiger partial charge in [0.25, 0.3) is 0 Å². The molecular formula is C5H12N2O3. The van der Waals surface area contributed by atoms with Gasteiger partial charge < -0.3 is 5.11 Å². The third kappa shape index (κ3) is 7.35. The van der Waals surface area contributed by atoms with Crippen LogP contribution in [0.4, 0.5) is 0 Å². The maximum Gasteiger partial charge on any atom is 0.303 e. The molecule has 60 valence electrons. The van der Waals surface area contributed by atoms with E-state index in [-0.39, 0.29) is 6.42 Å². The first-order chi connectivity index (χ1) is 4.63. The average Bonchev–Trinajstić information content (AvgIpc) is 1.79. The van der Waals surface area contributed by atoms with Crippen molar-refractivity contribution in [3.05, 3.63) is 0 Å². The van der Waals surface area contributed by atoms with Gasteiger partial charge in [0.15, 0.2) is 0 Å². The van der Waals surface area contributed by atoms with Crippen molar-refractivity contribution in [3.8, 4) is 0 Å². The number of aliphatic carboxylic acids is 1. The van der Waals surface area contributed by atoms with Gasteiger partial charge in [-0.05, 0) is 6.42 Å². The maximum absolute atomic E-state index is 9.94. The summed E-state index contributed by atoms with van der Waals surface area (Å²) in [7, 11) is 1.54. The van der Waals surface area contributed by atoms with Gasteiger partial charge in [-0.3, -0.25) is 9.63 Å². The Morgan fingerprint density at radius 1 is 1.80 bits per heavy atom. The Balaban J connectivity index is 2.98. The maximum atomic E-state index is 9.94. The summed E-state index contributed by atoms with van der Waals surface area (Å²) < 4.78 is 0. The summed E-state index contributed by atoms with van der Waals surface area (Å²) in [6.45, 7) is 0.347. The molecule has 0 saturated carbocycles. The number of carboxylic acids is 1. The number of nitrogens with zero attached hydrogens (tertiary/aromatic N) is 1. The fraction of sp³-hybridized carbons (Fsp3) is 0.800. The first-order valence-corrected chi connectivity index (χ1v) is 2.96. The fourth-order valence-electron chi connectivity index (χ4n) is 0.432. The first-order valence-electron chi connectivity index (χ1n) is 2.96. The van der Waals surface area contributed by atoms with Crippen molar-refractivity contribution < 1.29 is 14.7 Å². The summed E-state index contributed by atoms with van der Waals surface area (Å²) in [5.41, 5.74) is 0. The molecule has 0 aliphatic heterocycles. The van der Waals surface area contributed by atoms with E-state index in [4.69, 9.17) is 15.8 Å². The van der Waals surface area contributed by atoms with E-state index in [1.807, 2.05) is 0 Å². The molecule has 0 aliphatic carbocycles. The van der Waals surface area contributed by atoms with Crippen molar-refractivity contribution in [1.82, 2.24) is 5.17 Å². The van der Waals surface area contributed by atoms with E-state index < -0.39 is 5.97 Å². The molecule has 0 aliphatic rings. The van der Waals surface area contributed by atoms with Crippen LogP contribution in [0.5, 0.6) is 0 Å². The highest BCUT2D eigenvalue weighted by Crippen LogP contribution is 1.89. The normalized spacial score (nSPS) is 10.3. The summed E-state index contributed by atoms with van der Waals surface area (Å²) in [5.74, 6) is 4.26. The highest BCUT2D eigenvalue weighted by molar-refractivity contribution is 5.66. The topological polar surface area (TPSA) is 75.8 Å². The quantitative estimate of drug-likeness (QED) is 0.315. The molecule has 0 aromatic heterocycles. The Labute approximate surface area is 59.3 Å². The zero-order valence-corrected chi connectivity index (χ0v) is 5.91. The van der Waals surface area contributed by atoms with E-state index in [1.54, 1.807) is 7.05 Å². The molecule has 10 heavy (non-hydrogen) atoms. The van der Waals surface area contributed by atoms with Crippen molar-refractivity contribution in [2.45, 2.75) is 12.8 Å². The van der Waals surface area contributed by atoms with Gasteiger partial charge in [0.2, 0.25) is 0 Å². The highest BCUT2D eigenvalue weighted by Gasteiger charge is 1.96. The number of carboxylic acid groups (broad SMARTS) is 1. The molecule has 0 fully saturated rings. The van der Waals surface area contributed by atoms with Crippen molar-refractivity contribution in [3.63, 3.8) is 0 Å². The Morgan fingerprint density at radius 2 is 2.40 bits per heavy atom. The second kappa shape index (κ2) is 5.16. The minimum Gasteiger partial charge on any atom is -0.481 e. The van der Waals surface area contributed by atoms with E-state index in [9.17, 15) is 4.79 Å². The predicted molar refractivity (Wildman–Crippen MR) is 34.8 cm³/mol. The molecule has 0 aromatic rings. The minimum atomic E-state index is -0.816. The van der Waals surface area contributed by atoms with E-state index >= 15 is 0 Å². The lowest BCUT2D eigenvalue weighted by atomic mass is 10.3. The number of hydrogen-bond acceptors (Lipinski definition) is 4. The second-order valence-corrected chi connectivity index (χ2v) is 1.88. The zero-order valence-electron chi connectivity index (χ0n) is 5.91. The van der Waals surface area contributed by atoms with Crippen molar-refractivity contribution in [2.24, 2.45) is 5.84 Å². The lowest BCUT2D eigenvalue weighted by molar-refractivity contribution is -0.149. The molecule has 0 heterocycles. The van der Waals surface area contributed by atoms with Crippen LogP contribution in [0.1, 0.15) is 12.8 Å². The van der Waals surface area contributed by atoms with Crippen LogP contribution in [0, 0.1) is 0 Å². The number of rotatable bonds is 5. The van der Waals surface area contributed by atoms with Crippen LogP contribution >= 0.6 is 0 Å². The van der Waals surface area contributed by atoms with Crippen LogP contribution in [-0.2, 0) is 9.63 Å². The summed E-state index contributed by atoms with van der Waals surface area (Å²) >= 11 is 0. The van der Waals surface area contributed by atoms with E-state index in [0.717, 1.165) is 5.17 Å².